The summed E-state index contributed by atoms with van der Waals surface area (Å²) in [6.07, 6.45) is 0.641. The molecule has 2 unspecified atom stereocenters. The molecule has 1 aromatic rings. The first kappa shape index (κ1) is 17.0. The average Bonchev–Trinajstić information content (AvgIpc) is 3.09. The van der Waals surface area contributed by atoms with Gasteiger partial charge in [0, 0.05) is 25.6 Å². The fraction of sp³-hybridized carbons (Fsp3) is 0.529. The first-order valence-corrected chi connectivity index (χ1v) is 9.99. The second-order valence-electron chi connectivity index (χ2n) is 6.71. The minimum absolute atomic E-state index is 0.0243. The third-order valence-electron chi connectivity index (χ3n) is 4.77. The molecule has 2 saturated heterocycles. The fourth-order valence-corrected chi connectivity index (χ4v) is 5.05. The Morgan fingerprint density at radius 2 is 2.00 bits per heavy atom. The highest BCUT2D eigenvalue weighted by molar-refractivity contribution is 7.91. The summed E-state index contributed by atoms with van der Waals surface area (Å²) in [6, 6.07) is 7.64. The van der Waals surface area contributed by atoms with Gasteiger partial charge in [-0.2, -0.15) is 0 Å². The first-order chi connectivity index (χ1) is 11.3. The number of sulfone groups is 1. The van der Waals surface area contributed by atoms with Crippen molar-refractivity contribution >= 4 is 21.7 Å². The van der Waals surface area contributed by atoms with Crippen LogP contribution in [0.4, 0.5) is 0 Å². The second-order valence-corrected chi connectivity index (χ2v) is 8.94. The molecule has 24 heavy (non-hydrogen) atoms. The molecule has 0 spiro atoms. The molecule has 0 aromatic heterocycles. The Labute approximate surface area is 142 Å². The fourth-order valence-electron chi connectivity index (χ4n) is 3.32. The highest BCUT2D eigenvalue weighted by Crippen LogP contribution is 2.26. The number of carbonyl (C=O) groups excluding carboxylic acids is 2. The van der Waals surface area contributed by atoms with Crippen LogP contribution in [0.2, 0.25) is 0 Å². The SMILES string of the molecule is Cc1ccc(CNC(=O)C2CC(=O)N(C3CCS(=O)(=O)C3)C2)cc1. The highest BCUT2D eigenvalue weighted by atomic mass is 32.2. The summed E-state index contributed by atoms with van der Waals surface area (Å²) in [7, 11) is -3.04. The Kier molecular flexibility index (Phi) is 4.62. The number of aryl methyl sites for hydroxylation is 1. The molecule has 2 fully saturated rings. The number of likely N-dealkylation sites (tertiary alicyclic amines) is 1. The van der Waals surface area contributed by atoms with Crippen molar-refractivity contribution in [3.63, 3.8) is 0 Å². The van der Waals surface area contributed by atoms with Crippen LogP contribution in [-0.2, 0) is 26.0 Å². The van der Waals surface area contributed by atoms with Crippen LogP contribution in [-0.4, -0.2) is 49.2 Å². The van der Waals surface area contributed by atoms with Gasteiger partial charge in [0.15, 0.2) is 9.84 Å². The molecule has 2 amide bonds. The molecule has 1 aromatic carbocycles. The van der Waals surface area contributed by atoms with E-state index in [0.29, 0.717) is 19.5 Å². The zero-order valence-electron chi connectivity index (χ0n) is 13.7. The largest absolute Gasteiger partial charge is 0.352 e. The lowest BCUT2D eigenvalue weighted by Gasteiger charge is -2.22. The third kappa shape index (κ3) is 3.77. The zero-order chi connectivity index (χ0) is 17.3. The predicted octanol–water partition coefficient (Wildman–Crippen LogP) is 0.647. The molecule has 1 N–H and O–H groups in total. The van der Waals surface area contributed by atoms with Gasteiger partial charge in [0.1, 0.15) is 0 Å². The van der Waals surface area contributed by atoms with Crippen molar-refractivity contribution in [1.82, 2.24) is 10.2 Å². The summed E-state index contributed by atoms with van der Waals surface area (Å²) >= 11 is 0. The van der Waals surface area contributed by atoms with Crippen molar-refractivity contribution in [2.45, 2.75) is 32.4 Å². The standard InChI is InChI=1S/C17H22N2O4S/c1-12-2-4-13(5-3-12)9-18-17(21)14-8-16(20)19(10-14)15-6-7-24(22,23)11-15/h2-5,14-15H,6-11H2,1H3,(H,18,21). The molecule has 0 saturated carbocycles. The summed E-state index contributed by atoms with van der Waals surface area (Å²) < 4.78 is 23.2. The van der Waals surface area contributed by atoms with Gasteiger partial charge in [0.05, 0.1) is 17.4 Å². The smallest absolute Gasteiger partial charge is 0.225 e. The Balaban J connectivity index is 1.55. The van der Waals surface area contributed by atoms with Crippen molar-refractivity contribution in [2.24, 2.45) is 5.92 Å². The van der Waals surface area contributed by atoms with Gasteiger partial charge in [-0.25, -0.2) is 8.42 Å². The minimum Gasteiger partial charge on any atom is -0.352 e. The van der Waals surface area contributed by atoms with Gasteiger partial charge in [-0.3, -0.25) is 9.59 Å². The third-order valence-corrected chi connectivity index (χ3v) is 6.52. The molecule has 130 valence electrons. The zero-order valence-corrected chi connectivity index (χ0v) is 14.5. The van der Waals surface area contributed by atoms with Crippen molar-refractivity contribution in [3.05, 3.63) is 35.4 Å². The van der Waals surface area contributed by atoms with E-state index in [-0.39, 0.29) is 35.8 Å². The molecule has 2 aliphatic rings. The molecule has 2 aliphatic heterocycles. The Morgan fingerprint density at radius 1 is 1.29 bits per heavy atom. The first-order valence-electron chi connectivity index (χ1n) is 8.17. The van der Waals surface area contributed by atoms with Crippen LogP contribution >= 0.6 is 0 Å². The number of hydrogen-bond donors (Lipinski definition) is 1. The van der Waals surface area contributed by atoms with E-state index in [1.54, 1.807) is 4.90 Å². The van der Waals surface area contributed by atoms with Gasteiger partial charge in [-0.05, 0) is 18.9 Å². The maximum Gasteiger partial charge on any atom is 0.225 e. The predicted molar refractivity (Wildman–Crippen MR) is 89.9 cm³/mol. The van der Waals surface area contributed by atoms with Crippen LogP contribution in [0, 0.1) is 12.8 Å². The van der Waals surface area contributed by atoms with E-state index in [1.165, 1.54) is 0 Å². The molecule has 0 aliphatic carbocycles. The van der Waals surface area contributed by atoms with Gasteiger partial charge in [-0.1, -0.05) is 29.8 Å². The molecule has 3 rings (SSSR count). The van der Waals surface area contributed by atoms with E-state index >= 15 is 0 Å². The molecular formula is C17H22N2O4S. The number of nitrogens with zero attached hydrogens (tertiary/aromatic N) is 1. The molecular weight excluding hydrogens is 328 g/mol. The van der Waals surface area contributed by atoms with Crippen LogP contribution < -0.4 is 5.32 Å². The number of carbonyl (C=O) groups is 2. The van der Waals surface area contributed by atoms with E-state index < -0.39 is 15.8 Å². The highest BCUT2D eigenvalue weighted by Gasteiger charge is 2.41. The van der Waals surface area contributed by atoms with Crippen molar-refractivity contribution < 1.29 is 18.0 Å². The monoisotopic (exact) mass is 350 g/mol. The number of rotatable bonds is 4. The van der Waals surface area contributed by atoms with Crippen LogP contribution in [0.15, 0.2) is 24.3 Å². The maximum atomic E-state index is 12.3. The van der Waals surface area contributed by atoms with Crippen molar-refractivity contribution in [1.29, 1.82) is 0 Å². The molecule has 2 heterocycles. The van der Waals surface area contributed by atoms with Crippen LogP contribution in [0.5, 0.6) is 0 Å². The summed E-state index contributed by atoms with van der Waals surface area (Å²) in [5, 5.41) is 2.87. The normalized spacial score (nSPS) is 25.9. The van der Waals surface area contributed by atoms with E-state index in [1.807, 2.05) is 31.2 Å². The van der Waals surface area contributed by atoms with Gasteiger partial charge >= 0.3 is 0 Å². The van der Waals surface area contributed by atoms with Crippen molar-refractivity contribution in [3.8, 4) is 0 Å². The topological polar surface area (TPSA) is 83.6 Å². The molecule has 7 heteroatoms. The molecule has 6 nitrogen and oxygen atoms in total. The molecule has 0 bridgehead atoms. The van der Waals surface area contributed by atoms with Crippen LogP contribution in [0.3, 0.4) is 0 Å². The van der Waals surface area contributed by atoms with E-state index in [2.05, 4.69) is 5.32 Å². The number of nitrogens with one attached hydrogen (secondary N) is 1. The second kappa shape index (κ2) is 6.55. The summed E-state index contributed by atoms with van der Waals surface area (Å²) in [6.45, 7) is 2.75. The summed E-state index contributed by atoms with van der Waals surface area (Å²) in [4.78, 5) is 26.0. The van der Waals surface area contributed by atoms with E-state index in [9.17, 15) is 18.0 Å². The summed E-state index contributed by atoms with van der Waals surface area (Å²) in [5.74, 6) is -0.506. The van der Waals surface area contributed by atoms with Gasteiger partial charge in [-0.15, -0.1) is 0 Å². The maximum absolute atomic E-state index is 12.3. The molecule has 2 atom stereocenters. The van der Waals surface area contributed by atoms with Gasteiger partial charge in [0.2, 0.25) is 11.8 Å². The van der Waals surface area contributed by atoms with Gasteiger partial charge < -0.3 is 10.2 Å². The average molecular weight is 350 g/mol. The quantitative estimate of drug-likeness (QED) is 0.864. The minimum atomic E-state index is -3.04. The van der Waals surface area contributed by atoms with Gasteiger partial charge in [0.25, 0.3) is 0 Å². The van der Waals surface area contributed by atoms with E-state index in [4.69, 9.17) is 0 Å². The van der Waals surface area contributed by atoms with E-state index in [0.717, 1.165) is 11.1 Å². The number of hydrogen-bond acceptors (Lipinski definition) is 4. The van der Waals surface area contributed by atoms with Crippen LogP contribution in [0.25, 0.3) is 0 Å². The lowest BCUT2D eigenvalue weighted by atomic mass is 10.1. The van der Waals surface area contributed by atoms with Crippen LogP contribution in [0.1, 0.15) is 24.0 Å². The Morgan fingerprint density at radius 3 is 2.62 bits per heavy atom. The molecule has 0 radical (unpaired) electrons. The van der Waals surface area contributed by atoms with Crippen molar-refractivity contribution in [2.75, 3.05) is 18.1 Å². The Hall–Kier alpha value is -1.89. The number of benzene rings is 1. The Bertz CT molecular complexity index is 742. The lowest BCUT2D eigenvalue weighted by molar-refractivity contribution is -0.130. The number of amides is 2. The summed E-state index contributed by atoms with van der Waals surface area (Å²) in [5.41, 5.74) is 2.17. The lowest BCUT2D eigenvalue weighted by Crippen LogP contribution is -2.39.